The molecule has 1 aromatic rings. The minimum Gasteiger partial charge on any atom is -0.313 e. The second kappa shape index (κ2) is 6.64. The van der Waals surface area contributed by atoms with Gasteiger partial charge in [-0.15, -0.1) is 0 Å². The highest BCUT2D eigenvalue weighted by molar-refractivity contribution is 6.36. The van der Waals surface area contributed by atoms with Crippen LogP contribution in [-0.2, 0) is 0 Å². The average Bonchev–Trinajstić information content (AvgIpc) is 2.25. The highest BCUT2D eigenvalue weighted by atomic mass is 35.5. The van der Waals surface area contributed by atoms with Crippen LogP contribution in [0.5, 0.6) is 0 Å². The lowest BCUT2D eigenvalue weighted by atomic mass is 10.0. The second-order valence-corrected chi connectivity index (χ2v) is 4.80. The maximum absolute atomic E-state index is 12.1. The molecule has 1 rings (SSSR count). The number of halogens is 5. The Balaban J connectivity index is 2.72. The van der Waals surface area contributed by atoms with Gasteiger partial charge in [-0.2, -0.15) is 13.2 Å². The standard InChI is InChI=1S/C12H14Cl2F3N/c1-18-10(6-3-7-12(15,16)17)11-8(13)4-2-5-9(11)14/h2,4-5,10,18H,3,6-7H2,1H3. The zero-order chi connectivity index (χ0) is 13.8. The van der Waals surface area contributed by atoms with E-state index in [9.17, 15) is 13.2 Å². The number of hydrogen-bond donors (Lipinski definition) is 1. The molecule has 0 aliphatic rings. The molecule has 1 N–H and O–H groups in total. The van der Waals surface area contributed by atoms with E-state index in [0.29, 0.717) is 22.0 Å². The molecule has 1 nitrogen and oxygen atoms in total. The van der Waals surface area contributed by atoms with Crippen molar-refractivity contribution in [2.45, 2.75) is 31.5 Å². The van der Waals surface area contributed by atoms with Gasteiger partial charge in [-0.25, -0.2) is 0 Å². The molecule has 0 amide bonds. The topological polar surface area (TPSA) is 12.0 Å². The molecule has 0 fully saturated rings. The molecule has 0 heterocycles. The normalized spacial score (nSPS) is 13.7. The molecular weight excluding hydrogens is 286 g/mol. The van der Waals surface area contributed by atoms with E-state index in [0.717, 1.165) is 0 Å². The first kappa shape index (κ1) is 15.6. The molecule has 0 radical (unpaired) electrons. The third kappa shape index (κ3) is 4.67. The van der Waals surface area contributed by atoms with Gasteiger partial charge in [0.2, 0.25) is 0 Å². The monoisotopic (exact) mass is 299 g/mol. The lowest BCUT2D eigenvalue weighted by Crippen LogP contribution is -2.18. The van der Waals surface area contributed by atoms with Crippen LogP contribution in [0.4, 0.5) is 13.2 Å². The Hall–Kier alpha value is -0.450. The van der Waals surface area contributed by atoms with Crippen molar-refractivity contribution in [3.63, 3.8) is 0 Å². The highest BCUT2D eigenvalue weighted by Crippen LogP contribution is 2.33. The number of rotatable bonds is 5. The fraction of sp³-hybridized carbons (Fsp3) is 0.500. The Bertz CT molecular complexity index is 373. The fourth-order valence-electron chi connectivity index (χ4n) is 1.78. The Morgan fingerprint density at radius 3 is 2.22 bits per heavy atom. The van der Waals surface area contributed by atoms with Gasteiger partial charge in [0.25, 0.3) is 0 Å². The van der Waals surface area contributed by atoms with Crippen LogP contribution >= 0.6 is 23.2 Å². The van der Waals surface area contributed by atoms with Crippen molar-refractivity contribution in [2.75, 3.05) is 7.05 Å². The first-order valence-corrected chi connectivity index (χ1v) is 6.28. The summed E-state index contributed by atoms with van der Waals surface area (Å²) in [6.07, 6.45) is -4.55. The molecule has 18 heavy (non-hydrogen) atoms. The van der Waals surface area contributed by atoms with E-state index in [1.165, 1.54) is 0 Å². The minimum absolute atomic E-state index is 0.0383. The van der Waals surface area contributed by atoms with Gasteiger partial charge >= 0.3 is 6.18 Å². The maximum Gasteiger partial charge on any atom is 0.389 e. The van der Waals surface area contributed by atoms with Crippen LogP contribution in [0.25, 0.3) is 0 Å². The largest absolute Gasteiger partial charge is 0.389 e. The van der Waals surface area contributed by atoms with Crippen molar-refractivity contribution in [1.82, 2.24) is 5.32 Å². The van der Waals surface area contributed by atoms with Crippen LogP contribution in [0.15, 0.2) is 18.2 Å². The van der Waals surface area contributed by atoms with Crippen LogP contribution in [0.1, 0.15) is 30.9 Å². The lowest BCUT2D eigenvalue weighted by Gasteiger charge is -2.19. The van der Waals surface area contributed by atoms with Crippen molar-refractivity contribution in [3.05, 3.63) is 33.8 Å². The molecule has 6 heteroatoms. The molecule has 0 aromatic heterocycles. The van der Waals surface area contributed by atoms with Gasteiger partial charge < -0.3 is 5.32 Å². The Kier molecular flexibility index (Phi) is 5.76. The second-order valence-electron chi connectivity index (χ2n) is 3.98. The van der Waals surface area contributed by atoms with E-state index in [1.807, 2.05) is 0 Å². The Labute approximate surface area is 114 Å². The minimum atomic E-state index is -4.12. The Morgan fingerprint density at radius 2 is 1.78 bits per heavy atom. The molecule has 0 spiro atoms. The first-order chi connectivity index (χ1) is 8.35. The van der Waals surface area contributed by atoms with Crippen LogP contribution in [0, 0.1) is 0 Å². The third-order valence-electron chi connectivity index (χ3n) is 2.65. The third-order valence-corrected chi connectivity index (χ3v) is 3.31. The van der Waals surface area contributed by atoms with Gasteiger partial charge in [-0.1, -0.05) is 29.3 Å². The predicted molar refractivity (Wildman–Crippen MR) is 68.2 cm³/mol. The van der Waals surface area contributed by atoms with Crippen LogP contribution in [0.3, 0.4) is 0 Å². The molecule has 0 aliphatic heterocycles. The quantitative estimate of drug-likeness (QED) is 0.808. The van der Waals surface area contributed by atoms with Crippen molar-refractivity contribution in [3.8, 4) is 0 Å². The van der Waals surface area contributed by atoms with Crippen molar-refractivity contribution >= 4 is 23.2 Å². The molecule has 0 aliphatic carbocycles. The van der Waals surface area contributed by atoms with Gasteiger partial charge in [0.1, 0.15) is 0 Å². The van der Waals surface area contributed by atoms with Crippen molar-refractivity contribution in [1.29, 1.82) is 0 Å². The summed E-state index contributed by atoms with van der Waals surface area (Å²) in [6.45, 7) is 0. The average molecular weight is 300 g/mol. The van der Waals surface area contributed by atoms with E-state index in [-0.39, 0.29) is 12.5 Å². The molecule has 0 saturated carbocycles. The van der Waals surface area contributed by atoms with E-state index in [2.05, 4.69) is 5.32 Å². The van der Waals surface area contributed by atoms with Gasteiger partial charge in [0.05, 0.1) is 0 Å². The van der Waals surface area contributed by atoms with Crippen molar-refractivity contribution < 1.29 is 13.2 Å². The summed E-state index contributed by atoms with van der Waals surface area (Å²) in [5.41, 5.74) is 0.658. The predicted octanol–water partition coefficient (Wildman–Crippen LogP) is 4.99. The molecule has 1 atom stereocenters. The molecule has 102 valence electrons. The van der Waals surface area contributed by atoms with Crippen LogP contribution in [-0.4, -0.2) is 13.2 Å². The summed E-state index contributed by atoms with van der Waals surface area (Å²) in [6, 6.07) is 4.79. The zero-order valence-corrected chi connectivity index (χ0v) is 11.3. The molecule has 0 bridgehead atoms. The summed E-state index contributed by atoms with van der Waals surface area (Å²) in [5, 5.41) is 3.88. The molecular formula is C12H14Cl2F3N. The van der Waals surface area contributed by atoms with E-state index in [4.69, 9.17) is 23.2 Å². The summed E-state index contributed by atoms with van der Waals surface area (Å²) in [5.74, 6) is 0. The Morgan fingerprint density at radius 1 is 1.22 bits per heavy atom. The number of alkyl halides is 3. The fourth-order valence-corrected chi connectivity index (χ4v) is 2.44. The number of hydrogen-bond acceptors (Lipinski definition) is 1. The number of nitrogens with one attached hydrogen (secondary N) is 1. The van der Waals surface area contributed by atoms with E-state index in [1.54, 1.807) is 25.2 Å². The molecule has 1 aromatic carbocycles. The van der Waals surface area contributed by atoms with Gasteiger partial charge in [-0.05, 0) is 32.0 Å². The smallest absolute Gasteiger partial charge is 0.313 e. The van der Waals surface area contributed by atoms with E-state index < -0.39 is 12.6 Å². The molecule has 0 saturated heterocycles. The van der Waals surface area contributed by atoms with Gasteiger partial charge in [0.15, 0.2) is 0 Å². The highest BCUT2D eigenvalue weighted by Gasteiger charge is 2.27. The van der Waals surface area contributed by atoms with Crippen LogP contribution in [0.2, 0.25) is 10.0 Å². The summed E-state index contributed by atoms with van der Waals surface area (Å²) in [4.78, 5) is 0. The first-order valence-electron chi connectivity index (χ1n) is 5.53. The van der Waals surface area contributed by atoms with E-state index >= 15 is 0 Å². The van der Waals surface area contributed by atoms with Crippen LogP contribution < -0.4 is 5.32 Å². The lowest BCUT2D eigenvalue weighted by molar-refractivity contribution is -0.135. The zero-order valence-electron chi connectivity index (χ0n) is 9.82. The SMILES string of the molecule is CNC(CCCC(F)(F)F)c1c(Cl)cccc1Cl. The van der Waals surface area contributed by atoms with Gasteiger partial charge in [0, 0.05) is 28.1 Å². The summed E-state index contributed by atoms with van der Waals surface area (Å²) in [7, 11) is 1.68. The van der Waals surface area contributed by atoms with Crippen molar-refractivity contribution in [2.24, 2.45) is 0 Å². The maximum atomic E-state index is 12.1. The summed E-state index contributed by atoms with van der Waals surface area (Å²) < 4.78 is 36.3. The number of benzene rings is 1. The summed E-state index contributed by atoms with van der Waals surface area (Å²) >= 11 is 12.1. The molecule has 1 unspecified atom stereocenters. The van der Waals surface area contributed by atoms with Gasteiger partial charge in [-0.3, -0.25) is 0 Å².